The molecule has 21 heavy (non-hydrogen) atoms. The SMILES string of the molecule is CCCC(C(=O)OCC)C1(O)CCN(C(=O)N(C)C)CC1. The maximum absolute atomic E-state index is 12.1. The van der Waals surface area contributed by atoms with E-state index in [0.29, 0.717) is 39.0 Å². The molecule has 0 aromatic carbocycles. The number of likely N-dealkylation sites (tertiary alicyclic amines) is 1. The smallest absolute Gasteiger partial charge is 0.319 e. The molecule has 0 aromatic heterocycles. The van der Waals surface area contributed by atoms with Gasteiger partial charge in [-0.05, 0) is 26.2 Å². The fraction of sp³-hybridized carbons (Fsp3) is 0.867. The first-order valence-electron chi connectivity index (χ1n) is 7.71. The number of esters is 1. The number of urea groups is 1. The molecule has 6 nitrogen and oxygen atoms in total. The van der Waals surface area contributed by atoms with E-state index in [0.717, 1.165) is 6.42 Å². The Bertz CT molecular complexity index is 363. The van der Waals surface area contributed by atoms with E-state index < -0.39 is 11.5 Å². The van der Waals surface area contributed by atoms with Crippen molar-refractivity contribution in [3.05, 3.63) is 0 Å². The van der Waals surface area contributed by atoms with Crippen LogP contribution >= 0.6 is 0 Å². The number of ether oxygens (including phenoxy) is 1. The predicted octanol–water partition coefficient (Wildman–Crippen LogP) is 1.47. The summed E-state index contributed by atoms with van der Waals surface area (Å²) < 4.78 is 5.10. The highest BCUT2D eigenvalue weighted by Gasteiger charge is 2.44. The van der Waals surface area contributed by atoms with Crippen LogP contribution in [0.25, 0.3) is 0 Å². The van der Waals surface area contributed by atoms with E-state index in [4.69, 9.17) is 4.74 Å². The zero-order valence-electron chi connectivity index (χ0n) is 13.6. The van der Waals surface area contributed by atoms with Crippen molar-refractivity contribution in [1.29, 1.82) is 0 Å². The van der Waals surface area contributed by atoms with Gasteiger partial charge in [-0.1, -0.05) is 13.3 Å². The van der Waals surface area contributed by atoms with Crippen molar-refractivity contribution in [2.45, 2.75) is 45.1 Å². The first kappa shape index (κ1) is 17.8. The van der Waals surface area contributed by atoms with Gasteiger partial charge in [-0.15, -0.1) is 0 Å². The quantitative estimate of drug-likeness (QED) is 0.781. The van der Waals surface area contributed by atoms with Crippen molar-refractivity contribution in [2.75, 3.05) is 33.8 Å². The number of aliphatic hydroxyl groups is 1. The summed E-state index contributed by atoms with van der Waals surface area (Å²) >= 11 is 0. The molecule has 0 saturated carbocycles. The second-order valence-electron chi connectivity index (χ2n) is 5.86. The van der Waals surface area contributed by atoms with Crippen molar-refractivity contribution in [3.63, 3.8) is 0 Å². The van der Waals surface area contributed by atoms with E-state index in [-0.39, 0.29) is 12.0 Å². The summed E-state index contributed by atoms with van der Waals surface area (Å²) in [5.41, 5.74) is -1.06. The van der Waals surface area contributed by atoms with Crippen molar-refractivity contribution < 1.29 is 19.4 Å². The average Bonchev–Trinajstić information content (AvgIpc) is 2.44. The number of nitrogens with zero attached hydrogens (tertiary/aromatic N) is 2. The van der Waals surface area contributed by atoms with E-state index >= 15 is 0 Å². The van der Waals surface area contributed by atoms with Crippen LogP contribution in [-0.4, -0.2) is 66.3 Å². The van der Waals surface area contributed by atoms with Gasteiger partial charge >= 0.3 is 12.0 Å². The van der Waals surface area contributed by atoms with Gasteiger partial charge < -0.3 is 19.6 Å². The highest BCUT2D eigenvalue weighted by Crippen LogP contribution is 2.34. The van der Waals surface area contributed by atoms with E-state index in [1.165, 1.54) is 4.90 Å². The van der Waals surface area contributed by atoms with Crippen LogP contribution in [0.1, 0.15) is 39.5 Å². The van der Waals surface area contributed by atoms with Crippen molar-refractivity contribution in [2.24, 2.45) is 5.92 Å². The maximum Gasteiger partial charge on any atom is 0.319 e. The summed E-state index contributed by atoms with van der Waals surface area (Å²) in [6, 6.07) is -0.0553. The largest absolute Gasteiger partial charge is 0.466 e. The zero-order valence-corrected chi connectivity index (χ0v) is 13.6. The number of amides is 2. The summed E-state index contributed by atoms with van der Waals surface area (Å²) in [7, 11) is 3.42. The van der Waals surface area contributed by atoms with E-state index in [1.54, 1.807) is 25.9 Å². The van der Waals surface area contributed by atoms with E-state index in [9.17, 15) is 14.7 Å². The molecule has 1 atom stereocenters. The van der Waals surface area contributed by atoms with Gasteiger partial charge in [-0.3, -0.25) is 4.79 Å². The Morgan fingerprint density at radius 3 is 2.29 bits per heavy atom. The fourth-order valence-corrected chi connectivity index (χ4v) is 2.85. The minimum atomic E-state index is -1.06. The molecule has 1 N–H and O–H groups in total. The molecule has 0 radical (unpaired) electrons. The molecule has 0 bridgehead atoms. The molecule has 0 spiro atoms. The lowest BCUT2D eigenvalue weighted by atomic mass is 9.77. The van der Waals surface area contributed by atoms with Crippen LogP contribution in [0.2, 0.25) is 0 Å². The highest BCUT2D eigenvalue weighted by atomic mass is 16.5. The third kappa shape index (κ3) is 4.33. The molecular formula is C15H28N2O4. The Morgan fingerprint density at radius 1 is 1.29 bits per heavy atom. The molecule has 0 aromatic rings. The molecule has 1 aliphatic heterocycles. The van der Waals surface area contributed by atoms with Gasteiger partial charge in [-0.2, -0.15) is 0 Å². The number of carbonyl (C=O) groups excluding carboxylic acids is 2. The van der Waals surface area contributed by atoms with Crippen LogP contribution in [0.3, 0.4) is 0 Å². The van der Waals surface area contributed by atoms with Gasteiger partial charge in [0.25, 0.3) is 0 Å². The molecule has 6 heteroatoms. The number of carbonyl (C=O) groups is 2. The zero-order chi connectivity index (χ0) is 16.0. The van der Waals surface area contributed by atoms with Crippen molar-refractivity contribution in [3.8, 4) is 0 Å². The third-order valence-electron chi connectivity index (χ3n) is 4.08. The normalized spacial score (nSPS) is 19.0. The van der Waals surface area contributed by atoms with E-state index in [2.05, 4.69) is 0 Å². The Labute approximate surface area is 127 Å². The van der Waals surface area contributed by atoms with Gasteiger partial charge in [0.05, 0.1) is 18.1 Å². The van der Waals surface area contributed by atoms with Crippen LogP contribution in [0.4, 0.5) is 4.79 Å². The third-order valence-corrected chi connectivity index (χ3v) is 4.08. The van der Waals surface area contributed by atoms with Crippen LogP contribution in [-0.2, 0) is 9.53 Å². The first-order chi connectivity index (χ1) is 9.85. The van der Waals surface area contributed by atoms with Gasteiger partial charge in [-0.25, -0.2) is 4.79 Å². The molecule has 2 amide bonds. The summed E-state index contributed by atoms with van der Waals surface area (Å²) in [5.74, 6) is -0.826. The van der Waals surface area contributed by atoms with Gasteiger partial charge in [0, 0.05) is 27.2 Å². The summed E-state index contributed by atoms with van der Waals surface area (Å²) in [5, 5.41) is 10.8. The molecule has 122 valence electrons. The molecule has 0 aliphatic carbocycles. The molecular weight excluding hydrogens is 272 g/mol. The summed E-state index contributed by atoms with van der Waals surface area (Å²) in [4.78, 5) is 27.2. The topological polar surface area (TPSA) is 70.1 Å². The Kier molecular flexibility index (Phi) is 6.45. The lowest BCUT2D eigenvalue weighted by Crippen LogP contribution is -2.54. The lowest BCUT2D eigenvalue weighted by molar-refractivity contribution is -0.162. The van der Waals surface area contributed by atoms with E-state index in [1.807, 2.05) is 6.92 Å². The van der Waals surface area contributed by atoms with Crippen LogP contribution in [0, 0.1) is 5.92 Å². The molecule has 1 unspecified atom stereocenters. The first-order valence-corrected chi connectivity index (χ1v) is 7.71. The number of piperidine rings is 1. The van der Waals surface area contributed by atoms with Crippen LogP contribution < -0.4 is 0 Å². The standard InChI is InChI=1S/C15H28N2O4/c1-5-7-12(13(18)21-6-2)15(20)8-10-17(11-9-15)14(19)16(3)4/h12,20H,5-11H2,1-4H3. The highest BCUT2D eigenvalue weighted by molar-refractivity contribution is 5.75. The second kappa shape index (κ2) is 7.64. The van der Waals surface area contributed by atoms with Crippen molar-refractivity contribution >= 4 is 12.0 Å². The number of hydrogen-bond donors (Lipinski definition) is 1. The Balaban J connectivity index is 2.73. The van der Waals surface area contributed by atoms with Crippen molar-refractivity contribution in [1.82, 2.24) is 9.80 Å². The van der Waals surface area contributed by atoms with Gasteiger partial charge in [0.2, 0.25) is 0 Å². The average molecular weight is 300 g/mol. The van der Waals surface area contributed by atoms with Gasteiger partial charge in [0.1, 0.15) is 0 Å². The Hall–Kier alpha value is -1.30. The van der Waals surface area contributed by atoms with Gasteiger partial charge in [0.15, 0.2) is 0 Å². The Morgan fingerprint density at radius 2 is 1.86 bits per heavy atom. The molecule has 1 rings (SSSR count). The van der Waals surface area contributed by atoms with Crippen LogP contribution in [0.15, 0.2) is 0 Å². The molecule has 1 aliphatic rings. The monoisotopic (exact) mass is 300 g/mol. The molecule has 1 fully saturated rings. The predicted molar refractivity (Wildman–Crippen MR) is 79.9 cm³/mol. The maximum atomic E-state index is 12.1. The minimum Gasteiger partial charge on any atom is -0.466 e. The van der Waals surface area contributed by atoms with Crippen LogP contribution in [0.5, 0.6) is 0 Å². The summed E-state index contributed by atoms with van der Waals surface area (Å²) in [6.07, 6.45) is 2.25. The molecule has 1 heterocycles. The second-order valence-corrected chi connectivity index (χ2v) is 5.86. The number of rotatable bonds is 5. The lowest BCUT2D eigenvalue weighted by Gasteiger charge is -2.42. The minimum absolute atomic E-state index is 0.0553. The fourth-order valence-electron chi connectivity index (χ4n) is 2.85. The summed E-state index contributed by atoms with van der Waals surface area (Å²) in [6.45, 7) is 5.00. The molecule has 1 saturated heterocycles. The number of hydrogen-bond acceptors (Lipinski definition) is 4.